The summed E-state index contributed by atoms with van der Waals surface area (Å²) in [7, 11) is 1.51. The van der Waals surface area contributed by atoms with Crippen molar-refractivity contribution < 1.29 is 14.7 Å². The first-order valence-electron chi connectivity index (χ1n) is 5.39. The Morgan fingerprint density at radius 1 is 1.69 bits per heavy atom. The van der Waals surface area contributed by atoms with Crippen LogP contribution in [0.2, 0.25) is 0 Å². The fourth-order valence-corrected chi connectivity index (χ4v) is 1.86. The van der Waals surface area contributed by atoms with E-state index < -0.39 is 6.10 Å². The van der Waals surface area contributed by atoms with E-state index in [9.17, 15) is 4.79 Å². The van der Waals surface area contributed by atoms with E-state index in [1.807, 2.05) is 0 Å². The molecular formula is C10H19N3O3. The summed E-state index contributed by atoms with van der Waals surface area (Å²) in [5, 5.41) is 11.6. The summed E-state index contributed by atoms with van der Waals surface area (Å²) in [5.74, 6) is 0.104. The highest BCUT2D eigenvalue weighted by atomic mass is 16.5. The molecule has 2 unspecified atom stereocenters. The van der Waals surface area contributed by atoms with Gasteiger partial charge < -0.3 is 20.6 Å². The Labute approximate surface area is 95.0 Å². The number of ether oxygens (including phenoxy) is 1. The molecule has 92 valence electrons. The van der Waals surface area contributed by atoms with E-state index >= 15 is 0 Å². The van der Waals surface area contributed by atoms with Crippen molar-refractivity contribution in [3.05, 3.63) is 0 Å². The molecule has 1 saturated heterocycles. The van der Waals surface area contributed by atoms with Gasteiger partial charge in [0.25, 0.3) is 5.91 Å². The minimum Gasteiger partial charge on any atom is -0.409 e. The number of hydrogen-bond acceptors (Lipinski definition) is 4. The van der Waals surface area contributed by atoms with Crippen molar-refractivity contribution >= 4 is 11.7 Å². The van der Waals surface area contributed by atoms with Crippen LogP contribution in [-0.4, -0.2) is 48.2 Å². The number of rotatable bonds is 3. The van der Waals surface area contributed by atoms with Crippen molar-refractivity contribution in [3.8, 4) is 0 Å². The summed E-state index contributed by atoms with van der Waals surface area (Å²) >= 11 is 0. The van der Waals surface area contributed by atoms with Crippen molar-refractivity contribution in [1.29, 1.82) is 0 Å². The summed E-state index contributed by atoms with van der Waals surface area (Å²) in [6.07, 6.45) is 1.27. The molecule has 0 aromatic rings. The van der Waals surface area contributed by atoms with E-state index in [2.05, 4.69) is 5.16 Å². The Balaban J connectivity index is 2.60. The van der Waals surface area contributed by atoms with Crippen LogP contribution in [0.5, 0.6) is 0 Å². The number of carbonyl (C=O) groups excluding carboxylic acids is 1. The second-order valence-electron chi connectivity index (χ2n) is 4.03. The molecular weight excluding hydrogens is 210 g/mol. The van der Waals surface area contributed by atoms with Crippen molar-refractivity contribution in [2.24, 2.45) is 16.8 Å². The molecule has 0 radical (unpaired) electrons. The Kier molecular flexibility index (Phi) is 4.54. The lowest BCUT2D eigenvalue weighted by Crippen LogP contribution is -2.47. The largest absolute Gasteiger partial charge is 0.409 e. The van der Waals surface area contributed by atoms with Crippen LogP contribution in [0.1, 0.15) is 19.8 Å². The molecule has 0 aromatic carbocycles. The third-order valence-corrected chi connectivity index (χ3v) is 2.97. The SMILES string of the molecule is COC(C)C(=O)N1CCCC(C(N)=NO)C1. The fourth-order valence-electron chi connectivity index (χ4n) is 1.86. The monoisotopic (exact) mass is 229 g/mol. The van der Waals surface area contributed by atoms with Gasteiger partial charge in [0, 0.05) is 26.1 Å². The fraction of sp³-hybridized carbons (Fsp3) is 0.800. The van der Waals surface area contributed by atoms with Crippen molar-refractivity contribution in [1.82, 2.24) is 4.90 Å². The number of nitrogens with two attached hydrogens (primary N) is 1. The zero-order valence-corrected chi connectivity index (χ0v) is 9.72. The highest BCUT2D eigenvalue weighted by Crippen LogP contribution is 2.17. The van der Waals surface area contributed by atoms with Gasteiger partial charge in [-0.15, -0.1) is 0 Å². The molecule has 6 nitrogen and oxygen atoms in total. The first-order chi connectivity index (χ1) is 7.60. The maximum atomic E-state index is 11.8. The van der Waals surface area contributed by atoms with Gasteiger partial charge in [-0.3, -0.25) is 4.79 Å². The number of nitrogens with zero attached hydrogens (tertiary/aromatic N) is 2. The molecule has 1 amide bonds. The molecule has 1 heterocycles. The lowest BCUT2D eigenvalue weighted by molar-refractivity contribution is -0.142. The van der Waals surface area contributed by atoms with E-state index in [0.717, 1.165) is 12.8 Å². The van der Waals surface area contributed by atoms with Gasteiger partial charge in [-0.05, 0) is 19.8 Å². The van der Waals surface area contributed by atoms with Crippen LogP contribution < -0.4 is 5.73 Å². The first kappa shape index (κ1) is 12.8. The van der Waals surface area contributed by atoms with Gasteiger partial charge in [-0.1, -0.05) is 5.16 Å². The molecule has 2 atom stereocenters. The van der Waals surface area contributed by atoms with Crippen molar-refractivity contribution in [2.75, 3.05) is 20.2 Å². The van der Waals surface area contributed by atoms with Gasteiger partial charge in [0.2, 0.25) is 0 Å². The minimum absolute atomic E-state index is 0.0436. The van der Waals surface area contributed by atoms with Crippen LogP contribution in [0.3, 0.4) is 0 Å². The van der Waals surface area contributed by atoms with Gasteiger partial charge in [-0.2, -0.15) is 0 Å². The van der Waals surface area contributed by atoms with Gasteiger partial charge in [0.05, 0.1) is 0 Å². The molecule has 3 N–H and O–H groups in total. The molecule has 0 aromatic heterocycles. The molecule has 0 saturated carbocycles. The number of methoxy groups -OCH3 is 1. The van der Waals surface area contributed by atoms with E-state index in [-0.39, 0.29) is 17.7 Å². The number of amides is 1. The normalized spacial score (nSPS) is 24.2. The summed E-state index contributed by atoms with van der Waals surface area (Å²) in [5.41, 5.74) is 5.55. The highest BCUT2D eigenvalue weighted by Gasteiger charge is 2.28. The van der Waals surface area contributed by atoms with Gasteiger partial charge >= 0.3 is 0 Å². The maximum Gasteiger partial charge on any atom is 0.251 e. The zero-order chi connectivity index (χ0) is 12.1. The molecule has 1 aliphatic rings. The summed E-state index contributed by atoms with van der Waals surface area (Å²) in [6.45, 7) is 2.93. The van der Waals surface area contributed by atoms with Crippen LogP contribution in [0.4, 0.5) is 0 Å². The maximum absolute atomic E-state index is 11.8. The molecule has 1 aliphatic heterocycles. The highest BCUT2D eigenvalue weighted by molar-refractivity contribution is 5.85. The number of carbonyl (C=O) groups is 1. The Morgan fingerprint density at radius 2 is 2.38 bits per heavy atom. The minimum atomic E-state index is -0.439. The number of piperidine rings is 1. The van der Waals surface area contributed by atoms with Gasteiger partial charge in [0.15, 0.2) is 0 Å². The van der Waals surface area contributed by atoms with Crippen LogP contribution >= 0.6 is 0 Å². The first-order valence-corrected chi connectivity index (χ1v) is 5.39. The van der Waals surface area contributed by atoms with E-state index in [0.29, 0.717) is 13.1 Å². The number of amidine groups is 1. The topological polar surface area (TPSA) is 88.2 Å². The number of oxime groups is 1. The summed E-state index contributed by atoms with van der Waals surface area (Å²) < 4.78 is 4.99. The quantitative estimate of drug-likeness (QED) is 0.309. The molecule has 1 fully saturated rings. The molecule has 6 heteroatoms. The standard InChI is InChI=1S/C10H19N3O3/c1-7(16-2)10(14)13-5-3-4-8(6-13)9(11)12-15/h7-8,15H,3-6H2,1-2H3,(H2,11,12). The zero-order valence-electron chi connectivity index (χ0n) is 9.72. The molecule has 16 heavy (non-hydrogen) atoms. The van der Waals surface area contributed by atoms with Crippen LogP contribution in [0.25, 0.3) is 0 Å². The third-order valence-electron chi connectivity index (χ3n) is 2.97. The van der Waals surface area contributed by atoms with E-state index in [4.69, 9.17) is 15.7 Å². The average molecular weight is 229 g/mol. The van der Waals surface area contributed by atoms with E-state index in [1.54, 1.807) is 11.8 Å². The molecule has 0 bridgehead atoms. The Hall–Kier alpha value is -1.30. The Bertz CT molecular complexity index is 280. The van der Waals surface area contributed by atoms with Crippen LogP contribution in [0.15, 0.2) is 5.16 Å². The second-order valence-corrected chi connectivity index (χ2v) is 4.03. The predicted molar refractivity (Wildman–Crippen MR) is 59.2 cm³/mol. The van der Waals surface area contributed by atoms with Crippen LogP contribution in [-0.2, 0) is 9.53 Å². The third kappa shape index (κ3) is 2.85. The average Bonchev–Trinajstić information content (AvgIpc) is 2.36. The van der Waals surface area contributed by atoms with E-state index in [1.165, 1.54) is 7.11 Å². The number of likely N-dealkylation sites (tertiary alicyclic amines) is 1. The summed E-state index contributed by atoms with van der Waals surface area (Å²) in [6, 6.07) is 0. The second kappa shape index (κ2) is 5.69. The lowest BCUT2D eigenvalue weighted by Gasteiger charge is -2.33. The lowest BCUT2D eigenvalue weighted by atomic mass is 9.97. The van der Waals surface area contributed by atoms with Gasteiger partial charge in [0.1, 0.15) is 11.9 Å². The van der Waals surface area contributed by atoms with Gasteiger partial charge in [-0.25, -0.2) is 0 Å². The smallest absolute Gasteiger partial charge is 0.251 e. The molecule has 0 aliphatic carbocycles. The van der Waals surface area contributed by atoms with Crippen molar-refractivity contribution in [3.63, 3.8) is 0 Å². The molecule has 0 spiro atoms. The molecule has 1 rings (SSSR count). The number of hydrogen-bond donors (Lipinski definition) is 2. The van der Waals surface area contributed by atoms with Crippen LogP contribution in [0, 0.1) is 5.92 Å². The Morgan fingerprint density at radius 3 is 2.94 bits per heavy atom. The van der Waals surface area contributed by atoms with Crippen molar-refractivity contribution in [2.45, 2.75) is 25.9 Å². The predicted octanol–water partition coefficient (Wildman–Crippen LogP) is 0.00630. The summed E-state index contributed by atoms with van der Waals surface area (Å²) in [4.78, 5) is 13.6.